The fraction of sp³-hybridized carbons (Fsp3) is 0.211. The number of ether oxygens (including phenoxy) is 2. The predicted molar refractivity (Wildman–Crippen MR) is 91.0 cm³/mol. The van der Waals surface area contributed by atoms with E-state index in [1.807, 2.05) is 30.5 Å². The molecule has 4 rings (SSSR count). The van der Waals surface area contributed by atoms with Crippen molar-refractivity contribution in [1.82, 2.24) is 10.3 Å². The number of aromatic amines is 1. The van der Waals surface area contributed by atoms with Crippen LogP contribution in [0.1, 0.15) is 17.5 Å². The van der Waals surface area contributed by atoms with Crippen molar-refractivity contribution < 1.29 is 14.3 Å². The minimum atomic E-state index is 0.0434. The molecular formula is C19H18N2O3. The number of nitrogens with one attached hydrogen (secondary N) is 2. The molecule has 1 aliphatic rings. The second kappa shape index (κ2) is 6.28. The summed E-state index contributed by atoms with van der Waals surface area (Å²) >= 11 is 0. The normalized spacial score (nSPS) is 12.5. The minimum Gasteiger partial charge on any atom is -0.454 e. The Balaban J connectivity index is 1.30. The lowest BCUT2D eigenvalue weighted by atomic mass is 10.1. The van der Waals surface area contributed by atoms with Crippen LogP contribution in [-0.4, -0.2) is 17.7 Å². The van der Waals surface area contributed by atoms with E-state index in [2.05, 4.69) is 28.5 Å². The average molecular weight is 322 g/mol. The number of fused-ring (bicyclic) bond motifs is 2. The molecule has 24 heavy (non-hydrogen) atoms. The zero-order valence-corrected chi connectivity index (χ0v) is 13.2. The molecule has 1 aromatic heterocycles. The quantitative estimate of drug-likeness (QED) is 0.758. The number of rotatable bonds is 5. The molecule has 3 aromatic rings. The predicted octanol–water partition coefficient (Wildman–Crippen LogP) is 3.15. The first-order valence-electron chi connectivity index (χ1n) is 7.99. The van der Waals surface area contributed by atoms with Crippen molar-refractivity contribution >= 4 is 16.8 Å². The first-order valence-corrected chi connectivity index (χ1v) is 7.99. The number of H-pyrrole nitrogens is 1. The molecule has 0 spiro atoms. The monoisotopic (exact) mass is 322 g/mol. The fourth-order valence-corrected chi connectivity index (χ4v) is 2.86. The molecule has 5 nitrogen and oxygen atoms in total. The number of hydrogen-bond donors (Lipinski definition) is 2. The van der Waals surface area contributed by atoms with E-state index in [4.69, 9.17) is 9.47 Å². The van der Waals surface area contributed by atoms with Gasteiger partial charge in [0.2, 0.25) is 12.7 Å². The Labute approximate surface area is 139 Å². The summed E-state index contributed by atoms with van der Waals surface area (Å²) in [5.74, 6) is 1.54. The van der Waals surface area contributed by atoms with Gasteiger partial charge in [-0.2, -0.15) is 0 Å². The third kappa shape index (κ3) is 3.06. The maximum Gasteiger partial charge on any atom is 0.231 e. The average Bonchev–Trinajstić information content (AvgIpc) is 3.25. The summed E-state index contributed by atoms with van der Waals surface area (Å²) in [6.45, 7) is 0.753. The van der Waals surface area contributed by atoms with E-state index in [1.54, 1.807) is 0 Å². The van der Waals surface area contributed by atoms with Gasteiger partial charge in [0.25, 0.3) is 0 Å². The SMILES string of the molecule is O=C(CCc1ccc2[nH]ccc2c1)NCc1ccc2c(c1)OCO2. The van der Waals surface area contributed by atoms with E-state index in [1.165, 1.54) is 10.9 Å². The third-order valence-corrected chi connectivity index (χ3v) is 4.19. The highest BCUT2D eigenvalue weighted by Gasteiger charge is 2.13. The largest absolute Gasteiger partial charge is 0.454 e. The van der Waals surface area contributed by atoms with E-state index >= 15 is 0 Å². The molecule has 122 valence electrons. The van der Waals surface area contributed by atoms with Crippen LogP contribution in [0.5, 0.6) is 11.5 Å². The van der Waals surface area contributed by atoms with Gasteiger partial charge in [0, 0.05) is 24.7 Å². The lowest BCUT2D eigenvalue weighted by molar-refractivity contribution is -0.121. The van der Waals surface area contributed by atoms with Gasteiger partial charge in [-0.25, -0.2) is 0 Å². The highest BCUT2D eigenvalue weighted by Crippen LogP contribution is 2.32. The van der Waals surface area contributed by atoms with E-state index in [0.717, 1.165) is 29.0 Å². The first-order chi connectivity index (χ1) is 11.8. The number of amides is 1. The molecule has 5 heteroatoms. The Bertz CT molecular complexity index is 885. The van der Waals surface area contributed by atoms with Crippen LogP contribution in [-0.2, 0) is 17.8 Å². The van der Waals surface area contributed by atoms with Gasteiger partial charge in [-0.1, -0.05) is 12.1 Å². The molecule has 0 saturated heterocycles. The first kappa shape index (κ1) is 14.6. The highest BCUT2D eigenvalue weighted by molar-refractivity contribution is 5.80. The fourth-order valence-electron chi connectivity index (χ4n) is 2.86. The lowest BCUT2D eigenvalue weighted by Gasteiger charge is -2.07. The molecule has 1 aliphatic heterocycles. The number of carbonyl (C=O) groups excluding carboxylic acids is 1. The maximum atomic E-state index is 12.1. The third-order valence-electron chi connectivity index (χ3n) is 4.19. The molecule has 0 atom stereocenters. The number of aryl methyl sites for hydroxylation is 1. The van der Waals surface area contributed by atoms with Crippen LogP contribution in [0.15, 0.2) is 48.7 Å². The van der Waals surface area contributed by atoms with Crippen LogP contribution in [0.3, 0.4) is 0 Å². The van der Waals surface area contributed by atoms with Gasteiger partial charge < -0.3 is 19.8 Å². The number of hydrogen-bond acceptors (Lipinski definition) is 3. The van der Waals surface area contributed by atoms with Crippen LogP contribution in [0.2, 0.25) is 0 Å². The highest BCUT2D eigenvalue weighted by atomic mass is 16.7. The molecule has 1 amide bonds. The Morgan fingerprint density at radius 1 is 1.04 bits per heavy atom. The number of carbonyl (C=O) groups is 1. The van der Waals surface area contributed by atoms with Crippen molar-refractivity contribution in [3.8, 4) is 11.5 Å². The molecular weight excluding hydrogens is 304 g/mol. The van der Waals surface area contributed by atoms with Gasteiger partial charge in [0.05, 0.1) is 0 Å². The Kier molecular flexibility index (Phi) is 3.83. The van der Waals surface area contributed by atoms with Crippen LogP contribution < -0.4 is 14.8 Å². The van der Waals surface area contributed by atoms with Crippen LogP contribution in [0, 0.1) is 0 Å². The molecule has 0 aliphatic carbocycles. The van der Waals surface area contributed by atoms with Crippen LogP contribution in [0.4, 0.5) is 0 Å². The lowest BCUT2D eigenvalue weighted by Crippen LogP contribution is -2.22. The van der Waals surface area contributed by atoms with Crippen molar-refractivity contribution in [2.45, 2.75) is 19.4 Å². The molecule has 0 fully saturated rings. The minimum absolute atomic E-state index is 0.0434. The summed E-state index contributed by atoms with van der Waals surface area (Å²) in [5.41, 5.74) is 3.28. The summed E-state index contributed by atoms with van der Waals surface area (Å²) in [6.07, 6.45) is 3.13. The second-order valence-electron chi connectivity index (χ2n) is 5.86. The van der Waals surface area contributed by atoms with Gasteiger partial charge in [-0.3, -0.25) is 4.79 Å². The maximum absolute atomic E-state index is 12.1. The van der Waals surface area contributed by atoms with Crippen molar-refractivity contribution in [2.75, 3.05) is 6.79 Å². The summed E-state index contributed by atoms with van der Waals surface area (Å²) in [5, 5.41) is 4.13. The molecule has 0 saturated carbocycles. The molecule has 0 radical (unpaired) electrons. The van der Waals surface area contributed by atoms with Gasteiger partial charge in [-0.15, -0.1) is 0 Å². The molecule has 0 unspecified atom stereocenters. The summed E-state index contributed by atoms with van der Waals surface area (Å²) in [4.78, 5) is 15.2. The van der Waals surface area contributed by atoms with Gasteiger partial charge in [0.1, 0.15) is 0 Å². The Morgan fingerprint density at radius 2 is 1.92 bits per heavy atom. The van der Waals surface area contributed by atoms with Gasteiger partial charge in [0.15, 0.2) is 11.5 Å². The van der Waals surface area contributed by atoms with Crippen LogP contribution >= 0.6 is 0 Å². The topological polar surface area (TPSA) is 63.4 Å². The molecule has 2 N–H and O–H groups in total. The Hall–Kier alpha value is -2.95. The summed E-state index contributed by atoms with van der Waals surface area (Å²) in [7, 11) is 0. The van der Waals surface area contributed by atoms with Gasteiger partial charge in [-0.05, 0) is 53.3 Å². The smallest absolute Gasteiger partial charge is 0.231 e. The number of benzene rings is 2. The zero-order chi connectivity index (χ0) is 16.4. The van der Waals surface area contributed by atoms with Crippen molar-refractivity contribution in [2.24, 2.45) is 0 Å². The second-order valence-corrected chi connectivity index (χ2v) is 5.86. The molecule has 2 aromatic carbocycles. The Morgan fingerprint density at radius 3 is 2.88 bits per heavy atom. The van der Waals surface area contributed by atoms with Crippen LogP contribution in [0.25, 0.3) is 10.9 Å². The molecule has 0 bridgehead atoms. The van der Waals surface area contributed by atoms with Crippen molar-refractivity contribution in [1.29, 1.82) is 0 Å². The van der Waals surface area contributed by atoms with Crippen molar-refractivity contribution in [3.05, 3.63) is 59.8 Å². The van der Waals surface area contributed by atoms with Gasteiger partial charge >= 0.3 is 0 Å². The van der Waals surface area contributed by atoms with E-state index < -0.39 is 0 Å². The van der Waals surface area contributed by atoms with Crippen molar-refractivity contribution in [3.63, 3.8) is 0 Å². The standard InChI is InChI=1S/C19H18N2O3/c22-19(6-3-13-1-4-16-15(9-13)7-8-20-16)21-11-14-2-5-17-18(10-14)24-12-23-17/h1-2,4-5,7-10,20H,3,6,11-12H2,(H,21,22). The summed E-state index contributed by atoms with van der Waals surface area (Å²) < 4.78 is 10.6. The van der Waals surface area contributed by atoms with E-state index in [0.29, 0.717) is 13.0 Å². The van der Waals surface area contributed by atoms with E-state index in [9.17, 15) is 4.79 Å². The van der Waals surface area contributed by atoms with E-state index in [-0.39, 0.29) is 12.7 Å². The number of aromatic nitrogens is 1. The summed E-state index contributed by atoms with van der Waals surface area (Å²) in [6, 6.07) is 14.0. The molecule has 2 heterocycles. The zero-order valence-electron chi connectivity index (χ0n) is 13.2.